The predicted octanol–water partition coefficient (Wildman–Crippen LogP) is 2.67. The molecule has 162 valence electrons. The van der Waals surface area contributed by atoms with E-state index >= 15 is 0 Å². The summed E-state index contributed by atoms with van der Waals surface area (Å²) < 4.78 is 29.6. The van der Waals surface area contributed by atoms with Gasteiger partial charge in [-0.25, -0.2) is 13.4 Å². The first-order valence-corrected chi connectivity index (χ1v) is 12.2. The number of nitrogens with zero attached hydrogens (tertiary/aromatic N) is 3. The number of sulfonamides is 1. The SMILES string of the molecule is O=C(CCc1ccc(S(=O)(=O)N2CCC3(CCCN3)C2)cc1)c1ccc2nccn2c1. The molecule has 1 aromatic carbocycles. The van der Waals surface area contributed by atoms with Gasteiger partial charge in [-0.2, -0.15) is 4.31 Å². The summed E-state index contributed by atoms with van der Waals surface area (Å²) >= 11 is 0. The Morgan fingerprint density at radius 2 is 1.97 bits per heavy atom. The molecule has 0 amide bonds. The lowest BCUT2D eigenvalue weighted by Crippen LogP contribution is -2.43. The summed E-state index contributed by atoms with van der Waals surface area (Å²) in [6, 6.07) is 10.6. The fourth-order valence-corrected chi connectivity index (χ4v) is 6.25. The predicted molar refractivity (Wildman–Crippen MR) is 118 cm³/mol. The highest BCUT2D eigenvalue weighted by atomic mass is 32.2. The third kappa shape index (κ3) is 3.91. The first-order chi connectivity index (χ1) is 15.0. The lowest BCUT2D eigenvalue weighted by Gasteiger charge is -2.24. The van der Waals surface area contributed by atoms with E-state index in [0.29, 0.717) is 36.4 Å². The summed E-state index contributed by atoms with van der Waals surface area (Å²) in [5, 5.41) is 3.50. The van der Waals surface area contributed by atoms with Crippen LogP contribution >= 0.6 is 0 Å². The molecule has 2 fully saturated rings. The summed E-state index contributed by atoms with van der Waals surface area (Å²) in [5.41, 5.74) is 2.37. The van der Waals surface area contributed by atoms with Crippen molar-refractivity contribution in [3.8, 4) is 0 Å². The second kappa shape index (κ2) is 7.85. The van der Waals surface area contributed by atoms with Crippen molar-refractivity contribution in [2.24, 2.45) is 0 Å². The number of Topliss-reactive ketones (excluding diaryl/α,β-unsaturated/α-hetero) is 1. The Morgan fingerprint density at radius 3 is 2.74 bits per heavy atom. The molecule has 0 radical (unpaired) electrons. The van der Waals surface area contributed by atoms with Crippen molar-refractivity contribution in [2.75, 3.05) is 19.6 Å². The number of hydrogen-bond acceptors (Lipinski definition) is 5. The van der Waals surface area contributed by atoms with Gasteiger partial charge in [-0.15, -0.1) is 0 Å². The number of nitrogens with one attached hydrogen (secondary N) is 1. The number of benzene rings is 1. The fraction of sp³-hybridized carbons (Fsp3) is 0.391. The molecule has 4 heterocycles. The van der Waals surface area contributed by atoms with Crippen LogP contribution in [0.25, 0.3) is 5.65 Å². The van der Waals surface area contributed by atoms with Crippen LogP contribution in [0.15, 0.2) is 59.9 Å². The molecule has 2 aromatic heterocycles. The molecule has 2 aliphatic rings. The second-order valence-electron chi connectivity index (χ2n) is 8.58. The highest BCUT2D eigenvalue weighted by Gasteiger charge is 2.44. The van der Waals surface area contributed by atoms with Gasteiger partial charge in [0.15, 0.2) is 5.78 Å². The third-order valence-electron chi connectivity index (χ3n) is 6.56. The van der Waals surface area contributed by atoms with Crippen molar-refractivity contribution in [2.45, 2.75) is 42.5 Å². The van der Waals surface area contributed by atoms with E-state index in [9.17, 15) is 13.2 Å². The van der Waals surface area contributed by atoms with E-state index < -0.39 is 10.0 Å². The summed E-state index contributed by atoms with van der Waals surface area (Å²) in [4.78, 5) is 17.1. The van der Waals surface area contributed by atoms with Gasteiger partial charge in [0.1, 0.15) is 5.65 Å². The minimum Gasteiger partial charge on any atom is -0.310 e. The monoisotopic (exact) mass is 438 g/mol. The molecule has 3 aromatic rings. The van der Waals surface area contributed by atoms with E-state index in [0.717, 1.165) is 37.0 Å². The number of aromatic nitrogens is 2. The zero-order chi connectivity index (χ0) is 21.5. The maximum absolute atomic E-state index is 13.1. The molecule has 0 saturated carbocycles. The van der Waals surface area contributed by atoms with Crippen LogP contribution in [-0.4, -0.2) is 53.1 Å². The molecule has 1 atom stereocenters. The van der Waals surface area contributed by atoms with Crippen LogP contribution in [0.5, 0.6) is 0 Å². The number of carbonyl (C=O) groups excluding carboxylic acids is 1. The molecular formula is C23H26N4O3S. The Labute approximate surface area is 182 Å². The average Bonchev–Trinajstić information content (AvgIpc) is 3.54. The van der Waals surface area contributed by atoms with Crippen LogP contribution in [0.1, 0.15) is 41.6 Å². The molecule has 5 rings (SSSR count). The molecule has 1 spiro atoms. The molecular weight excluding hydrogens is 412 g/mol. The number of fused-ring (bicyclic) bond motifs is 1. The van der Waals surface area contributed by atoms with E-state index in [2.05, 4.69) is 10.3 Å². The third-order valence-corrected chi connectivity index (χ3v) is 8.42. The molecule has 7 nitrogen and oxygen atoms in total. The van der Waals surface area contributed by atoms with Crippen molar-refractivity contribution in [3.05, 3.63) is 66.1 Å². The van der Waals surface area contributed by atoms with E-state index in [1.807, 2.05) is 28.8 Å². The minimum atomic E-state index is -3.49. The maximum Gasteiger partial charge on any atom is 0.243 e. The van der Waals surface area contributed by atoms with Crippen LogP contribution in [0, 0.1) is 0 Å². The van der Waals surface area contributed by atoms with Crippen molar-refractivity contribution < 1.29 is 13.2 Å². The van der Waals surface area contributed by atoms with E-state index in [1.54, 1.807) is 34.9 Å². The van der Waals surface area contributed by atoms with E-state index in [4.69, 9.17) is 0 Å². The Kier molecular flexibility index (Phi) is 5.16. The summed E-state index contributed by atoms with van der Waals surface area (Å²) in [6.45, 7) is 2.08. The Bertz CT molecular complexity index is 1210. The molecule has 8 heteroatoms. The zero-order valence-corrected chi connectivity index (χ0v) is 18.1. The number of hydrogen-bond donors (Lipinski definition) is 1. The van der Waals surface area contributed by atoms with Crippen LogP contribution in [0.4, 0.5) is 0 Å². The van der Waals surface area contributed by atoms with Crippen LogP contribution < -0.4 is 5.32 Å². The molecule has 31 heavy (non-hydrogen) atoms. The topological polar surface area (TPSA) is 83.8 Å². The smallest absolute Gasteiger partial charge is 0.243 e. The zero-order valence-electron chi connectivity index (χ0n) is 17.3. The van der Waals surface area contributed by atoms with Gasteiger partial charge in [0, 0.05) is 49.2 Å². The Hall–Kier alpha value is -2.55. The number of aryl methyl sites for hydroxylation is 1. The molecule has 0 bridgehead atoms. The highest BCUT2D eigenvalue weighted by molar-refractivity contribution is 7.89. The number of imidazole rings is 1. The highest BCUT2D eigenvalue weighted by Crippen LogP contribution is 2.33. The molecule has 1 unspecified atom stereocenters. The van der Waals surface area contributed by atoms with Gasteiger partial charge in [0.25, 0.3) is 0 Å². The molecule has 2 saturated heterocycles. The fourth-order valence-electron chi connectivity index (χ4n) is 4.72. The lowest BCUT2D eigenvalue weighted by molar-refractivity contribution is 0.0982. The van der Waals surface area contributed by atoms with Gasteiger partial charge in [-0.1, -0.05) is 12.1 Å². The normalized spacial score (nSPS) is 21.9. The molecule has 0 aliphatic carbocycles. The summed E-state index contributed by atoms with van der Waals surface area (Å²) in [7, 11) is -3.49. The number of rotatable bonds is 6. The second-order valence-corrected chi connectivity index (χ2v) is 10.5. The van der Waals surface area contributed by atoms with Gasteiger partial charge < -0.3 is 9.72 Å². The largest absolute Gasteiger partial charge is 0.310 e. The van der Waals surface area contributed by atoms with Crippen LogP contribution in [0.3, 0.4) is 0 Å². The van der Waals surface area contributed by atoms with Crippen molar-refractivity contribution >= 4 is 21.5 Å². The maximum atomic E-state index is 13.1. The van der Waals surface area contributed by atoms with E-state index in [1.165, 1.54) is 0 Å². The Balaban J connectivity index is 1.23. The molecule has 1 N–H and O–H groups in total. The number of carbonyl (C=O) groups is 1. The van der Waals surface area contributed by atoms with Gasteiger partial charge >= 0.3 is 0 Å². The summed E-state index contributed by atoms with van der Waals surface area (Å²) in [5.74, 6) is 0.0544. The van der Waals surface area contributed by atoms with Crippen molar-refractivity contribution in [1.29, 1.82) is 0 Å². The quantitative estimate of drug-likeness (QED) is 0.598. The van der Waals surface area contributed by atoms with Crippen molar-refractivity contribution in [3.63, 3.8) is 0 Å². The average molecular weight is 439 g/mol. The lowest BCUT2D eigenvalue weighted by atomic mass is 9.97. The number of ketones is 1. The Morgan fingerprint density at radius 1 is 1.13 bits per heavy atom. The van der Waals surface area contributed by atoms with Crippen LogP contribution in [0.2, 0.25) is 0 Å². The van der Waals surface area contributed by atoms with Gasteiger partial charge in [-0.3, -0.25) is 4.79 Å². The van der Waals surface area contributed by atoms with Crippen molar-refractivity contribution in [1.82, 2.24) is 19.0 Å². The van der Waals surface area contributed by atoms with E-state index in [-0.39, 0.29) is 11.3 Å². The minimum absolute atomic E-state index is 0.0346. The number of pyridine rings is 1. The van der Waals surface area contributed by atoms with Gasteiger partial charge in [0.2, 0.25) is 10.0 Å². The standard InChI is InChI=1S/C23H26N4O3S/c28-21(19-5-9-22-24-13-15-26(22)16-19)8-4-18-2-6-20(7-3-18)31(29,30)27-14-11-23(17-27)10-1-12-25-23/h2-3,5-7,9,13,15-16,25H,1,4,8,10-12,14,17H2. The van der Waals surface area contributed by atoms with Gasteiger partial charge in [0.05, 0.1) is 4.90 Å². The van der Waals surface area contributed by atoms with Gasteiger partial charge in [-0.05, 0) is 62.1 Å². The van der Waals surface area contributed by atoms with Crippen LogP contribution in [-0.2, 0) is 16.4 Å². The first-order valence-electron chi connectivity index (χ1n) is 10.8. The summed E-state index contributed by atoms with van der Waals surface area (Å²) in [6.07, 6.45) is 9.27. The first kappa shape index (κ1) is 20.4. The molecule has 2 aliphatic heterocycles.